The van der Waals surface area contributed by atoms with E-state index in [1.54, 1.807) is 0 Å². The van der Waals surface area contributed by atoms with E-state index >= 15 is 0 Å². The zero-order valence-electron chi connectivity index (χ0n) is 11.5. The number of unbranched alkanes of at least 4 members (excludes halogenated alkanes) is 2. The molecule has 0 aliphatic rings. The van der Waals surface area contributed by atoms with Crippen molar-refractivity contribution >= 4 is 12.4 Å². The van der Waals surface area contributed by atoms with E-state index in [-0.39, 0.29) is 12.1 Å². The van der Waals surface area contributed by atoms with Crippen LogP contribution in [0, 0.1) is 5.92 Å². The van der Waals surface area contributed by atoms with Gasteiger partial charge in [-0.25, -0.2) is 4.79 Å². The third-order valence-electron chi connectivity index (χ3n) is 2.59. The fourth-order valence-electron chi connectivity index (χ4n) is 1.79. The minimum atomic E-state index is -0.274. The number of hydrogen-bond donors (Lipinski definition) is 1. The molecule has 0 fully saturated rings. The quantitative estimate of drug-likeness (QED) is 0.525. The van der Waals surface area contributed by atoms with Crippen molar-refractivity contribution in [2.45, 2.75) is 59.4 Å². The summed E-state index contributed by atoms with van der Waals surface area (Å²) in [5.41, 5.74) is 0. The summed E-state index contributed by atoms with van der Waals surface area (Å²) in [7, 11) is 0. The number of nitrogens with zero attached hydrogens (tertiary/aromatic N) is 1. The van der Waals surface area contributed by atoms with Gasteiger partial charge in [-0.05, 0) is 25.7 Å². The molecule has 4 nitrogen and oxygen atoms in total. The van der Waals surface area contributed by atoms with E-state index < -0.39 is 0 Å². The average molecular weight is 242 g/mol. The van der Waals surface area contributed by atoms with E-state index in [0.717, 1.165) is 25.7 Å². The van der Waals surface area contributed by atoms with Crippen LogP contribution in [0.1, 0.15) is 53.4 Å². The molecule has 0 saturated carbocycles. The highest BCUT2D eigenvalue weighted by Gasteiger charge is 2.14. The maximum atomic E-state index is 11.7. The molecule has 100 valence electrons. The number of carbonyl (C=O) groups excluding carboxylic acids is 2. The van der Waals surface area contributed by atoms with E-state index in [4.69, 9.17) is 0 Å². The predicted molar refractivity (Wildman–Crippen MR) is 69.7 cm³/mol. The highest BCUT2D eigenvalue weighted by Crippen LogP contribution is 2.04. The zero-order valence-corrected chi connectivity index (χ0v) is 11.5. The van der Waals surface area contributed by atoms with Gasteiger partial charge in [-0.3, -0.25) is 9.69 Å². The molecule has 0 spiro atoms. The van der Waals surface area contributed by atoms with Crippen LogP contribution < -0.4 is 5.32 Å². The third-order valence-corrected chi connectivity index (χ3v) is 2.59. The molecule has 0 rings (SSSR count). The van der Waals surface area contributed by atoms with Crippen molar-refractivity contribution in [3.05, 3.63) is 0 Å². The lowest BCUT2D eigenvalue weighted by molar-refractivity contribution is -0.115. The second kappa shape index (κ2) is 9.02. The van der Waals surface area contributed by atoms with Crippen molar-refractivity contribution < 1.29 is 9.59 Å². The fourth-order valence-corrected chi connectivity index (χ4v) is 1.79. The summed E-state index contributed by atoms with van der Waals surface area (Å²) in [6, 6.07) is -0.166. The molecule has 0 aliphatic heterocycles. The van der Waals surface area contributed by atoms with Crippen molar-refractivity contribution in [3.63, 3.8) is 0 Å². The Hall–Kier alpha value is -1.06. The molecule has 0 radical (unpaired) electrons. The van der Waals surface area contributed by atoms with Crippen LogP contribution in [0.15, 0.2) is 0 Å². The van der Waals surface area contributed by atoms with E-state index in [0.29, 0.717) is 18.9 Å². The topological polar surface area (TPSA) is 49.4 Å². The van der Waals surface area contributed by atoms with Gasteiger partial charge in [0.25, 0.3) is 0 Å². The first-order valence-corrected chi connectivity index (χ1v) is 6.53. The Labute approximate surface area is 105 Å². The SMILES string of the molecule is CCCCCN(C=O)C(=O)NC(C)CC(C)C. The third kappa shape index (κ3) is 7.77. The molecule has 4 heteroatoms. The average Bonchev–Trinajstić information content (AvgIpc) is 2.22. The van der Waals surface area contributed by atoms with Gasteiger partial charge >= 0.3 is 6.03 Å². The van der Waals surface area contributed by atoms with Crippen LogP contribution in [-0.4, -0.2) is 29.9 Å². The van der Waals surface area contributed by atoms with Gasteiger partial charge in [0.15, 0.2) is 0 Å². The van der Waals surface area contributed by atoms with Gasteiger partial charge in [-0.15, -0.1) is 0 Å². The highest BCUT2D eigenvalue weighted by molar-refractivity contribution is 5.84. The molecule has 17 heavy (non-hydrogen) atoms. The first kappa shape index (κ1) is 15.9. The second-order valence-corrected chi connectivity index (χ2v) is 4.99. The van der Waals surface area contributed by atoms with Gasteiger partial charge in [-0.1, -0.05) is 33.6 Å². The normalized spacial score (nSPS) is 12.3. The Balaban J connectivity index is 4.02. The molecule has 1 N–H and O–H groups in total. The van der Waals surface area contributed by atoms with Crippen LogP contribution in [0.25, 0.3) is 0 Å². The van der Waals surface area contributed by atoms with Crippen molar-refractivity contribution in [3.8, 4) is 0 Å². The maximum Gasteiger partial charge on any atom is 0.324 e. The first-order valence-electron chi connectivity index (χ1n) is 6.53. The van der Waals surface area contributed by atoms with Crippen molar-refractivity contribution in [1.82, 2.24) is 10.2 Å². The van der Waals surface area contributed by atoms with E-state index in [1.165, 1.54) is 4.90 Å². The zero-order chi connectivity index (χ0) is 13.3. The van der Waals surface area contributed by atoms with Crippen LogP contribution >= 0.6 is 0 Å². The Kier molecular flexibility index (Phi) is 8.46. The predicted octanol–water partition coefficient (Wildman–Crippen LogP) is 2.78. The Morgan fingerprint density at radius 3 is 2.41 bits per heavy atom. The molecule has 3 amide bonds. The summed E-state index contributed by atoms with van der Waals surface area (Å²) >= 11 is 0. The summed E-state index contributed by atoms with van der Waals surface area (Å²) in [6.45, 7) is 8.79. The van der Waals surface area contributed by atoms with Gasteiger partial charge in [0, 0.05) is 12.6 Å². The van der Waals surface area contributed by atoms with Gasteiger partial charge in [0.1, 0.15) is 0 Å². The van der Waals surface area contributed by atoms with E-state index in [9.17, 15) is 9.59 Å². The Morgan fingerprint density at radius 1 is 1.29 bits per heavy atom. The number of amides is 3. The maximum absolute atomic E-state index is 11.7. The largest absolute Gasteiger partial charge is 0.335 e. The fraction of sp³-hybridized carbons (Fsp3) is 0.846. The van der Waals surface area contributed by atoms with Crippen molar-refractivity contribution in [1.29, 1.82) is 0 Å². The molecule has 0 heterocycles. The Bertz CT molecular complexity index is 229. The lowest BCUT2D eigenvalue weighted by Crippen LogP contribution is -2.44. The van der Waals surface area contributed by atoms with Crippen LogP contribution in [0.3, 0.4) is 0 Å². The summed E-state index contributed by atoms with van der Waals surface area (Å²) in [4.78, 5) is 23.8. The summed E-state index contributed by atoms with van der Waals surface area (Å²) < 4.78 is 0. The van der Waals surface area contributed by atoms with Crippen molar-refractivity contribution in [2.24, 2.45) is 5.92 Å². The van der Waals surface area contributed by atoms with Crippen LogP contribution in [0.4, 0.5) is 4.79 Å². The number of rotatable bonds is 8. The van der Waals surface area contributed by atoms with Crippen molar-refractivity contribution in [2.75, 3.05) is 6.54 Å². The molecule has 0 aromatic rings. The molecule has 0 aromatic carbocycles. The molecule has 0 saturated heterocycles. The number of imide groups is 1. The van der Waals surface area contributed by atoms with E-state index in [2.05, 4.69) is 26.1 Å². The van der Waals surface area contributed by atoms with Gasteiger partial charge in [-0.2, -0.15) is 0 Å². The van der Waals surface area contributed by atoms with Crippen LogP contribution in [0.2, 0.25) is 0 Å². The lowest BCUT2D eigenvalue weighted by Gasteiger charge is -2.21. The molecule has 1 atom stereocenters. The molecule has 0 aliphatic carbocycles. The summed E-state index contributed by atoms with van der Waals surface area (Å²) in [6.07, 6.45) is 4.54. The minimum absolute atomic E-state index is 0.108. The standard InChI is InChI=1S/C13H26N2O2/c1-5-6-7-8-15(10-16)13(17)14-12(4)9-11(2)3/h10-12H,5-9H2,1-4H3,(H,14,17). The molecular formula is C13H26N2O2. The highest BCUT2D eigenvalue weighted by atomic mass is 16.2. The first-order chi connectivity index (χ1) is 8.01. The number of urea groups is 1. The molecule has 0 aromatic heterocycles. The van der Waals surface area contributed by atoms with Gasteiger partial charge < -0.3 is 5.32 Å². The lowest BCUT2D eigenvalue weighted by atomic mass is 10.1. The summed E-state index contributed by atoms with van der Waals surface area (Å²) in [5.74, 6) is 0.537. The minimum Gasteiger partial charge on any atom is -0.335 e. The Morgan fingerprint density at radius 2 is 1.94 bits per heavy atom. The van der Waals surface area contributed by atoms with Crippen LogP contribution in [-0.2, 0) is 4.79 Å². The number of nitrogens with one attached hydrogen (secondary N) is 1. The monoisotopic (exact) mass is 242 g/mol. The summed E-state index contributed by atoms with van der Waals surface area (Å²) in [5, 5.41) is 2.84. The van der Waals surface area contributed by atoms with E-state index in [1.807, 2.05) is 6.92 Å². The molecule has 1 unspecified atom stereocenters. The smallest absolute Gasteiger partial charge is 0.324 e. The van der Waals surface area contributed by atoms with Gasteiger partial charge in [0.05, 0.1) is 0 Å². The number of hydrogen-bond acceptors (Lipinski definition) is 2. The molecule has 0 bridgehead atoms. The second-order valence-electron chi connectivity index (χ2n) is 4.99. The van der Waals surface area contributed by atoms with Gasteiger partial charge in [0.2, 0.25) is 6.41 Å². The molecular weight excluding hydrogens is 216 g/mol. The van der Waals surface area contributed by atoms with Crippen LogP contribution in [0.5, 0.6) is 0 Å². The number of carbonyl (C=O) groups is 2.